The van der Waals surface area contributed by atoms with Crippen LogP contribution in [0.2, 0.25) is 0 Å². The summed E-state index contributed by atoms with van der Waals surface area (Å²) >= 11 is 2.23. The molecule has 1 aromatic heterocycles. The molecule has 1 aromatic rings. The van der Waals surface area contributed by atoms with Crippen LogP contribution >= 0.6 is 22.9 Å². The molecule has 2 rings (SSSR count). The van der Waals surface area contributed by atoms with Crippen LogP contribution in [-0.4, -0.2) is 22.3 Å². The Hall–Kier alpha value is -0.400. The van der Waals surface area contributed by atoms with Gasteiger partial charge in [0.1, 0.15) is 0 Å². The van der Waals surface area contributed by atoms with E-state index in [-0.39, 0.29) is 12.2 Å². The molecule has 1 fully saturated rings. The number of nitrogens with one attached hydrogen (secondary N) is 1. The molecule has 0 saturated heterocycles. The van der Waals surface area contributed by atoms with Crippen LogP contribution < -0.4 is 9.09 Å². The second kappa shape index (κ2) is 7.56. The SMILES string of the molecule is CC(NI)C1CCC(c2ccn(CCO)c(=O)c2)CC1. The molecule has 0 aromatic carbocycles. The Kier molecular flexibility index (Phi) is 6.04. The molecule has 0 aliphatic heterocycles. The fourth-order valence-corrected chi connectivity index (χ4v) is 3.62. The van der Waals surface area contributed by atoms with Gasteiger partial charge in [-0.3, -0.25) is 8.32 Å². The number of aliphatic hydroxyl groups excluding tert-OH is 1. The highest BCUT2D eigenvalue weighted by Crippen LogP contribution is 2.36. The summed E-state index contributed by atoms with van der Waals surface area (Å²) in [4.78, 5) is 11.9. The topological polar surface area (TPSA) is 54.3 Å². The van der Waals surface area contributed by atoms with E-state index in [2.05, 4.69) is 33.3 Å². The van der Waals surface area contributed by atoms with Gasteiger partial charge < -0.3 is 9.67 Å². The Balaban J connectivity index is 2.00. The number of pyridine rings is 1. The molecule has 1 saturated carbocycles. The third kappa shape index (κ3) is 3.83. The molecular formula is C15H23IN2O2. The molecule has 4 nitrogen and oxygen atoms in total. The summed E-state index contributed by atoms with van der Waals surface area (Å²) in [6, 6.07) is 4.36. The van der Waals surface area contributed by atoms with Gasteiger partial charge in [0.15, 0.2) is 0 Å². The fourth-order valence-electron chi connectivity index (χ4n) is 3.11. The Bertz CT molecular complexity index is 481. The number of hydrogen-bond acceptors (Lipinski definition) is 3. The van der Waals surface area contributed by atoms with Crippen molar-refractivity contribution in [2.24, 2.45) is 5.92 Å². The first-order valence-electron chi connectivity index (χ1n) is 7.33. The standard InChI is InChI=1S/C15H23IN2O2/c1-11(17-16)12-2-4-13(5-3-12)14-6-7-18(8-9-19)15(20)10-14/h6-7,10-13,17,19H,2-5,8-9H2,1H3. The zero-order valence-electron chi connectivity index (χ0n) is 11.9. The van der Waals surface area contributed by atoms with Crippen LogP contribution in [-0.2, 0) is 6.54 Å². The molecule has 0 bridgehead atoms. The quantitative estimate of drug-likeness (QED) is 0.600. The lowest BCUT2D eigenvalue weighted by Crippen LogP contribution is -2.30. The Morgan fingerprint density at radius 3 is 2.70 bits per heavy atom. The van der Waals surface area contributed by atoms with Crippen LogP contribution in [0, 0.1) is 5.92 Å². The molecule has 1 aliphatic carbocycles. The summed E-state index contributed by atoms with van der Waals surface area (Å²) < 4.78 is 4.88. The first-order valence-corrected chi connectivity index (χ1v) is 8.41. The number of halogens is 1. The van der Waals surface area contributed by atoms with Crippen molar-refractivity contribution in [1.82, 2.24) is 8.10 Å². The maximum atomic E-state index is 11.9. The molecular weight excluding hydrogens is 367 g/mol. The van der Waals surface area contributed by atoms with Gasteiger partial charge in [0.2, 0.25) is 0 Å². The van der Waals surface area contributed by atoms with Crippen molar-refractivity contribution in [3.63, 3.8) is 0 Å². The largest absolute Gasteiger partial charge is 0.395 e. The van der Waals surface area contributed by atoms with Crippen molar-refractivity contribution in [1.29, 1.82) is 0 Å². The Morgan fingerprint density at radius 2 is 2.15 bits per heavy atom. The molecule has 5 heteroatoms. The molecule has 1 atom stereocenters. The van der Waals surface area contributed by atoms with Crippen molar-refractivity contribution >= 4 is 22.9 Å². The summed E-state index contributed by atoms with van der Waals surface area (Å²) in [5.74, 6) is 1.27. The fraction of sp³-hybridized carbons (Fsp3) is 0.667. The van der Waals surface area contributed by atoms with Crippen LogP contribution in [0.25, 0.3) is 0 Å². The average molecular weight is 390 g/mol. The van der Waals surface area contributed by atoms with Gasteiger partial charge in [0.05, 0.1) is 6.61 Å². The highest BCUT2D eigenvalue weighted by Gasteiger charge is 2.25. The molecule has 0 radical (unpaired) electrons. The van der Waals surface area contributed by atoms with Crippen LogP contribution in [0.1, 0.15) is 44.1 Å². The van der Waals surface area contributed by atoms with Crippen LogP contribution in [0.3, 0.4) is 0 Å². The van der Waals surface area contributed by atoms with Crippen molar-refractivity contribution in [3.05, 3.63) is 34.2 Å². The third-order valence-electron chi connectivity index (χ3n) is 4.48. The first-order chi connectivity index (χ1) is 9.65. The summed E-state index contributed by atoms with van der Waals surface area (Å²) in [6.07, 6.45) is 6.59. The lowest BCUT2D eigenvalue weighted by molar-refractivity contribution is 0.273. The van der Waals surface area contributed by atoms with Gasteiger partial charge in [0.25, 0.3) is 5.56 Å². The zero-order valence-corrected chi connectivity index (χ0v) is 14.0. The van der Waals surface area contributed by atoms with Crippen molar-refractivity contribution in [2.75, 3.05) is 6.61 Å². The lowest BCUT2D eigenvalue weighted by Gasteiger charge is -2.32. The molecule has 0 amide bonds. The van der Waals surface area contributed by atoms with Crippen molar-refractivity contribution < 1.29 is 5.11 Å². The minimum Gasteiger partial charge on any atom is -0.395 e. The normalized spacial score (nSPS) is 24.6. The van der Waals surface area contributed by atoms with Gasteiger partial charge in [0, 0.05) is 47.7 Å². The number of nitrogens with zero attached hydrogens (tertiary/aromatic N) is 1. The summed E-state index contributed by atoms with van der Waals surface area (Å²) in [5.41, 5.74) is 1.17. The highest BCUT2D eigenvalue weighted by molar-refractivity contribution is 14.1. The summed E-state index contributed by atoms with van der Waals surface area (Å²) in [5, 5.41) is 8.90. The van der Waals surface area contributed by atoms with Gasteiger partial charge in [-0.1, -0.05) is 0 Å². The van der Waals surface area contributed by atoms with Gasteiger partial charge in [-0.25, -0.2) is 0 Å². The maximum absolute atomic E-state index is 11.9. The molecule has 1 aliphatic rings. The third-order valence-corrected chi connectivity index (χ3v) is 5.47. The van der Waals surface area contributed by atoms with E-state index in [4.69, 9.17) is 5.11 Å². The highest BCUT2D eigenvalue weighted by atomic mass is 127. The second-order valence-corrected chi connectivity index (χ2v) is 6.35. The number of aromatic nitrogens is 1. The van der Waals surface area contributed by atoms with Crippen LogP contribution in [0.4, 0.5) is 0 Å². The predicted molar refractivity (Wildman–Crippen MR) is 89.1 cm³/mol. The van der Waals surface area contributed by atoms with Crippen molar-refractivity contribution in [2.45, 2.75) is 51.1 Å². The number of hydrogen-bond donors (Lipinski definition) is 2. The van der Waals surface area contributed by atoms with E-state index in [1.165, 1.54) is 12.8 Å². The molecule has 1 heterocycles. The molecule has 2 N–H and O–H groups in total. The minimum absolute atomic E-state index is 0.000899. The summed E-state index contributed by atoms with van der Waals surface area (Å²) in [6.45, 7) is 2.63. The first kappa shape index (κ1) is 16.0. The smallest absolute Gasteiger partial charge is 0.250 e. The van der Waals surface area contributed by atoms with Gasteiger partial charge >= 0.3 is 0 Å². The number of rotatable bonds is 5. The van der Waals surface area contributed by atoms with Crippen LogP contribution in [0.15, 0.2) is 23.1 Å². The Labute approximate surface area is 134 Å². The van der Waals surface area contributed by atoms with E-state index in [9.17, 15) is 4.79 Å². The maximum Gasteiger partial charge on any atom is 0.250 e. The van der Waals surface area contributed by atoms with E-state index >= 15 is 0 Å². The monoisotopic (exact) mass is 390 g/mol. The van der Waals surface area contributed by atoms with Crippen LogP contribution in [0.5, 0.6) is 0 Å². The van der Waals surface area contributed by atoms with E-state index in [1.807, 2.05) is 12.3 Å². The van der Waals surface area contributed by atoms with Gasteiger partial charge in [-0.05, 0) is 56.1 Å². The minimum atomic E-state index is 0.000899. The Morgan fingerprint density at radius 1 is 1.45 bits per heavy atom. The van der Waals surface area contributed by atoms with Gasteiger partial charge in [-0.2, -0.15) is 0 Å². The molecule has 0 spiro atoms. The lowest BCUT2D eigenvalue weighted by atomic mass is 9.76. The second-order valence-electron chi connectivity index (χ2n) is 5.72. The van der Waals surface area contributed by atoms with Gasteiger partial charge in [-0.15, -0.1) is 0 Å². The zero-order chi connectivity index (χ0) is 14.5. The average Bonchev–Trinajstić information content (AvgIpc) is 2.49. The van der Waals surface area contributed by atoms with Crippen molar-refractivity contribution in [3.8, 4) is 0 Å². The molecule has 20 heavy (non-hydrogen) atoms. The van der Waals surface area contributed by atoms with E-state index in [1.54, 1.807) is 10.6 Å². The predicted octanol–water partition coefficient (Wildman–Crippen LogP) is 2.44. The molecule has 112 valence electrons. The molecule has 1 unspecified atom stereocenters. The van der Waals surface area contributed by atoms with E-state index in [0.29, 0.717) is 18.5 Å². The van der Waals surface area contributed by atoms with E-state index in [0.717, 1.165) is 24.3 Å². The number of aliphatic hydroxyl groups is 1. The van der Waals surface area contributed by atoms with E-state index < -0.39 is 0 Å². The summed E-state index contributed by atoms with van der Waals surface area (Å²) in [7, 11) is 0.